The van der Waals surface area contributed by atoms with Crippen LogP contribution in [0.5, 0.6) is 5.75 Å². The summed E-state index contributed by atoms with van der Waals surface area (Å²) < 4.78 is 35.4. The fraction of sp³-hybridized carbons (Fsp3) is 0.294. The Morgan fingerprint density at radius 1 is 0.778 bits per heavy atom. The maximum absolute atomic E-state index is 14.3. The molecule has 11 heteroatoms. The van der Waals surface area contributed by atoms with Crippen LogP contribution in [0, 0.1) is 0 Å². The molecule has 6 rings (SSSR count). The molecule has 2 aliphatic heterocycles. The molecular formula is C34H37N5O5S. The summed E-state index contributed by atoms with van der Waals surface area (Å²) in [6.07, 6.45) is 0. The standard InChI is InChI=1S/C34H37N5O5S/c1-2-44-29-17-15-27(16-18-29)35-34(41)38-23-24-39(45(42,43)32-14-8-10-26-9-6-7-13-30(26)32)31(25-38)33(40)37-21-19-36(20-22-37)28-11-4-3-5-12-28/h3-18,31H,2,19-25H2,1H3,(H,35,41). The zero-order valence-corrected chi connectivity index (χ0v) is 26.0. The molecule has 0 bridgehead atoms. The van der Waals surface area contributed by atoms with Crippen molar-refractivity contribution in [3.63, 3.8) is 0 Å². The Kier molecular flexibility index (Phi) is 8.90. The van der Waals surface area contributed by atoms with Gasteiger partial charge in [-0.3, -0.25) is 4.79 Å². The highest BCUT2D eigenvalue weighted by Crippen LogP contribution is 2.29. The topological polar surface area (TPSA) is 102 Å². The minimum absolute atomic E-state index is 0.0113. The SMILES string of the molecule is CCOc1ccc(NC(=O)N2CCN(S(=O)(=O)c3cccc4ccccc34)C(C(=O)N3CCN(c4ccccc4)CC3)C2)cc1. The molecule has 0 saturated carbocycles. The smallest absolute Gasteiger partial charge is 0.321 e. The summed E-state index contributed by atoms with van der Waals surface area (Å²) in [5.41, 5.74) is 1.66. The van der Waals surface area contributed by atoms with Crippen LogP contribution >= 0.6 is 0 Å². The van der Waals surface area contributed by atoms with Gasteiger partial charge in [0.1, 0.15) is 11.8 Å². The number of piperazine rings is 2. The molecule has 0 aliphatic carbocycles. The fourth-order valence-corrected chi connectivity index (χ4v) is 7.81. The highest BCUT2D eigenvalue weighted by atomic mass is 32.2. The number of fused-ring (bicyclic) bond motifs is 1. The van der Waals surface area contributed by atoms with Gasteiger partial charge in [0.2, 0.25) is 15.9 Å². The van der Waals surface area contributed by atoms with Crippen LogP contribution in [0.4, 0.5) is 16.2 Å². The molecule has 234 valence electrons. The summed E-state index contributed by atoms with van der Waals surface area (Å²) in [5, 5.41) is 4.28. The monoisotopic (exact) mass is 627 g/mol. The lowest BCUT2D eigenvalue weighted by Gasteiger charge is -2.43. The van der Waals surface area contributed by atoms with E-state index < -0.39 is 22.1 Å². The first-order valence-corrected chi connectivity index (χ1v) is 16.7. The molecule has 1 atom stereocenters. The Balaban J connectivity index is 1.25. The van der Waals surface area contributed by atoms with E-state index in [2.05, 4.69) is 10.2 Å². The molecule has 2 fully saturated rings. The number of hydrogen-bond donors (Lipinski definition) is 1. The number of amides is 3. The summed E-state index contributed by atoms with van der Waals surface area (Å²) in [6, 6.07) is 28.1. The van der Waals surface area contributed by atoms with E-state index in [0.29, 0.717) is 49.6 Å². The van der Waals surface area contributed by atoms with Gasteiger partial charge in [-0.25, -0.2) is 13.2 Å². The number of rotatable bonds is 7. The molecule has 1 unspecified atom stereocenters. The Bertz CT molecular complexity index is 1750. The molecule has 0 spiro atoms. The lowest BCUT2D eigenvalue weighted by molar-refractivity contribution is -0.137. The van der Waals surface area contributed by atoms with E-state index in [4.69, 9.17) is 4.74 Å². The minimum atomic E-state index is -4.09. The lowest BCUT2D eigenvalue weighted by atomic mass is 10.1. The van der Waals surface area contributed by atoms with Gasteiger partial charge < -0.3 is 24.8 Å². The molecule has 1 N–H and O–H groups in total. The van der Waals surface area contributed by atoms with Crippen molar-refractivity contribution in [2.75, 3.05) is 62.6 Å². The van der Waals surface area contributed by atoms with E-state index >= 15 is 0 Å². The number of nitrogens with zero attached hydrogens (tertiary/aromatic N) is 4. The molecule has 10 nitrogen and oxygen atoms in total. The zero-order valence-electron chi connectivity index (χ0n) is 25.2. The molecule has 0 radical (unpaired) electrons. The molecule has 4 aromatic carbocycles. The number of nitrogens with one attached hydrogen (secondary N) is 1. The van der Waals surface area contributed by atoms with Gasteiger partial charge in [0.05, 0.1) is 11.5 Å². The largest absolute Gasteiger partial charge is 0.494 e. The van der Waals surface area contributed by atoms with Crippen molar-refractivity contribution in [3.8, 4) is 5.75 Å². The van der Waals surface area contributed by atoms with Gasteiger partial charge >= 0.3 is 6.03 Å². The number of benzene rings is 4. The van der Waals surface area contributed by atoms with Gasteiger partial charge in [0.25, 0.3) is 0 Å². The molecule has 0 aromatic heterocycles. The van der Waals surface area contributed by atoms with Gasteiger partial charge in [-0.15, -0.1) is 0 Å². The summed E-state index contributed by atoms with van der Waals surface area (Å²) >= 11 is 0. The van der Waals surface area contributed by atoms with Crippen LogP contribution in [0.15, 0.2) is 102 Å². The van der Waals surface area contributed by atoms with Crippen LogP contribution in [0.2, 0.25) is 0 Å². The second kappa shape index (κ2) is 13.2. The summed E-state index contributed by atoms with van der Waals surface area (Å²) in [5.74, 6) is 0.394. The number of hydrogen-bond acceptors (Lipinski definition) is 6. The quantitative estimate of drug-likeness (QED) is 0.324. The third-order valence-corrected chi connectivity index (χ3v) is 10.3. The summed E-state index contributed by atoms with van der Waals surface area (Å²) in [4.78, 5) is 33.2. The Labute approximate surface area is 263 Å². The molecule has 45 heavy (non-hydrogen) atoms. The first kappa shape index (κ1) is 30.4. The number of urea groups is 1. The zero-order chi connectivity index (χ0) is 31.4. The maximum atomic E-state index is 14.3. The first-order valence-electron chi connectivity index (χ1n) is 15.2. The highest BCUT2D eigenvalue weighted by molar-refractivity contribution is 7.89. The predicted molar refractivity (Wildman–Crippen MR) is 175 cm³/mol. The number of para-hydroxylation sites is 1. The van der Waals surface area contributed by atoms with Gasteiger partial charge in [-0.1, -0.05) is 54.6 Å². The van der Waals surface area contributed by atoms with Crippen molar-refractivity contribution in [3.05, 3.63) is 97.1 Å². The number of anilines is 2. The van der Waals surface area contributed by atoms with Gasteiger partial charge in [-0.2, -0.15) is 4.31 Å². The number of ether oxygens (including phenoxy) is 1. The van der Waals surface area contributed by atoms with Crippen LogP contribution < -0.4 is 15.0 Å². The molecule has 4 aromatic rings. The van der Waals surface area contributed by atoms with E-state index in [0.717, 1.165) is 11.1 Å². The Morgan fingerprint density at radius 3 is 2.18 bits per heavy atom. The Morgan fingerprint density at radius 2 is 1.44 bits per heavy atom. The van der Waals surface area contributed by atoms with E-state index in [1.54, 1.807) is 53.4 Å². The summed E-state index contributed by atoms with van der Waals surface area (Å²) in [7, 11) is -4.09. The van der Waals surface area contributed by atoms with Crippen LogP contribution in [-0.4, -0.2) is 92.9 Å². The Hall–Kier alpha value is -4.61. The van der Waals surface area contributed by atoms with Crippen molar-refractivity contribution in [1.82, 2.24) is 14.1 Å². The highest BCUT2D eigenvalue weighted by Gasteiger charge is 2.43. The maximum Gasteiger partial charge on any atom is 0.321 e. The van der Waals surface area contributed by atoms with Crippen molar-refractivity contribution in [2.24, 2.45) is 0 Å². The third-order valence-electron chi connectivity index (χ3n) is 8.37. The van der Waals surface area contributed by atoms with Gasteiger partial charge in [0, 0.05) is 62.6 Å². The molecule has 2 aliphatic rings. The van der Waals surface area contributed by atoms with Gasteiger partial charge in [-0.05, 0) is 54.8 Å². The minimum Gasteiger partial charge on any atom is -0.494 e. The molecular weight excluding hydrogens is 590 g/mol. The van der Waals surface area contributed by atoms with Crippen molar-refractivity contribution in [2.45, 2.75) is 17.9 Å². The van der Waals surface area contributed by atoms with Crippen molar-refractivity contribution < 1.29 is 22.7 Å². The third kappa shape index (κ3) is 6.45. The number of carbonyl (C=O) groups excluding carboxylic acids is 2. The number of carbonyl (C=O) groups is 2. The average molecular weight is 628 g/mol. The first-order chi connectivity index (χ1) is 21.8. The molecule has 2 heterocycles. The second-order valence-corrected chi connectivity index (χ2v) is 12.9. The van der Waals surface area contributed by atoms with Crippen LogP contribution in [-0.2, 0) is 14.8 Å². The number of sulfonamides is 1. The summed E-state index contributed by atoms with van der Waals surface area (Å²) in [6.45, 7) is 4.65. The van der Waals surface area contributed by atoms with E-state index in [9.17, 15) is 18.0 Å². The van der Waals surface area contributed by atoms with E-state index in [1.165, 1.54) is 9.21 Å². The van der Waals surface area contributed by atoms with Crippen LogP contribution in [0.1, 0.15) is 6.92 Å². The normalized spacial score (nSPS) is 17.7. The predicted octanol–water partition coefficient (Wildman–Crippen LogP) is 4.49. The van der Waals surface area contributed by atoms with E-state index in [1.807, 2.05) is 55.5 Å². The molecule has 2 saturated heterocycles. The van der Waals surface area contributed by atoms with Crippen LogP contribution in [0.25, 0.3) is 10.8 Å². The van der Waals surface area contributed by atoms with Crippen molar-refractivity contribution >= 4 is 44.1 Å². The fourth-order valence-electron chi connectivity index (χ4n) is 6.02. The van der Waals surface area contributed by atoms with Crippen molar-refractivity contribution in [1.29, 1.82) is 0 Å². The van der Waals surface area contributed by atoms with E-state index in [-0.39, 0.29) is 30.4 Å². The second-order valence-electron chi connectivity index (χ2n) is 11.1. The van der Waals surface area contributed by atoms with Gasteiger partial charge in [0.15, 0.2) is 0 Å². The lowest BCUT2D eigenvalue weighted by Crippen LogP contribution is -2.63. The van der Waals surface area contributed by atoms with Crippen LogP contribution in [0.3, 0.4) is 0 Å². The molecule has 3 amide bonds. The average Bonchev–Trinajstić information content (AvgIpc) is 3.09.